The Kier molecular flexibility index (Phi) is 16.1. The number of hydrogen-bond donors (Lipinski definition) is 0. The Balaban J connectivity index is 0.000000168. The molecule has 0 spiro atoms. The van der Waals surface area contributed by atoms with Crippen LogP contribution in [0.3, 0.4) is 0 Å². The summed E-state index contributed by atoms with van der Waals surface area (Å²) in [6, 6.07) is 26.2. The number of allylic oxidation sites excluding steroid dienone is 2. The number of halogens is 2. The van der Waals surface area contributed by atoms with Crippen molar-refractivity contribution in [2.24, 2.45) is 14.1 Å². The van der Waals surface area contributed by atoms with Crippen LogP contribution in [0.25, 0.3) is 44.7 Å². The number of anilines is 2. The summed E-state index contributed by atoms with van der Waals surface area (Å²) in [5.74, 6) is -3.59. The molecule has 368 valence electrons. The zero-order chi connectivity index (χ0) is 51.4. The average molecular weight is 1080 g/mol. The molecule has 4 aromatic carbocycles. The van der Waals surface area contributed by atoms with Gasteiger partial charge in [0.05, 0.1) is 54.6 Å². The molecule has 0 radical (unpaired) electrons. The van der Waals surface area contributed by atoms with Gasteiger partial charge in [-0.15, -0.1) is 22.7 Å². The molecular weight excluding hydrogens is 1040 g/mol. The number of thiazole rings is 4. The Morgan fingerprint density at radius 3 is 1.33 bits per heavy atom. The van der Waals surface area contributed by atoms with Crippen LogP contribution in [0.2, 0.25) is 0 Å². The van der Waals surface area contributed by atoms with E-state index in [2.05, 4.69) is 34.1 Å². The summed E-state index contributed by atoms with van der Waals surface area (Å²) in [6.07, 6.45) is 12.7. The zero-order valence-electron chi connectivity index (χ0n) is 39.5. The predicted molar refractivity (Wildman–Crippen MR) is 286 cm³/mol. The van der Waals surface area contributed by atoms with Gasteiger partial charge in [-0.25, -0.2) is 8.78 Å². The van der Waals surface area contributed by atoms with Gasteiger partial charge in [0.25, 0.3) is 21.1 Å². The lowest BCUT2D eigenvalue weighted by atomic mass is 10.3. The summed E-state index contributed by atoms with van der Waals surface area (Å²) >= 11 is 9.55. The molecule has 0 aliphatic carbocycles. The minimum atomic E-state index is -1.55. The van der Waals surface area contributed by atoms with Gasteiger partial charge >= 0.3 is 0 Å². The third kappa shape index (κ3) is 11.2. The molecule has 2 aliphatic heterocycles. The number of fused-ring (bicyclic) bond motifs is 4. The van der Waals surface area contributed by atoms with Gasteiger partial charge in [-0.05, 0) is 98.8 Å². The van der Waals surface area contributed by atoms with Crippen molar-refractivity contribution in [3.8, 4) is 0 Å². The number of carboxylic acid groups (broad SMARTS) is 2. The standard InChI is InChI=1S/2C24H21FN3OS3.C4H4O4/c2*1-4-28-23(14-22-27(3)17-13-15(25)9-10-19(17)31-22)32-20(24(28)29)11-12-21-26(2)16-7-5-6-8-18(16)30-21;5-3(6)1-2-4(7)8/h2*5-14H,4H2,1-3H3;1-2H,(H,5,6)(H,7,8)/q2*+1;/p-2. The van der Waals surface area contributed by atoms with Crippen LogP contribution in [0.4, 0.5) is 20.2 Å². The number of aliphatic carboxylic acids is 2. The summed E-state index contributed by atoms with van der Waals surface area (Å²) in [6.45, 7) is 5.14. The van der Waals surface area contributed by atoms with Crippen molar-refractivity contribution in [1.82, 2.24) is 9.13 Å². The first-order valence-corrected chi connectivity index (χ1v) is 27.0. The number of thioether (sulfide) groups is 2. The van der Waals surface area contributed by atoms with Crippen LogP contribution in [-0.2, 0) is 36.8 Å². The van der Waals surface area contributed by atoms with Crippen molar-refractivity contribution < 1.29 is 37.7 Å². The van der Waals surface area contributed by atoms with E-state index in [1.54, 1.807) is 79.6 Å². The first-order chi connectivity index (χ1) is 34.5. The van der Waals surface area contributed by atoms with Gasteiger partial charge in [-0.2, -0.15) is 9.13 Å². The second kappa shape index (κ2) is 22.4. The molecule has 0 amide bonds. The Morgan fingerprint density at radius 1 is 0.583 bits per heavy atom. The summed E-state index contributed by atoms with van der Waals surface area (Å²) in [5.41, 5.74) is 4.08. The average Bonchev–Trinajstić information content (AvgIpc) is 4.18. The number of aromatic nitrogens is 4. The molecule has 20 heteroatoms. The molecule has 72 heavy (non-hydrogen) atoms. The number of rotatable bonds is 8. The summed E-state index contributed by atoms with van der Waals surface area (Å²) in [7, 11) is 7.93. The maximum absolute atomic E-state index is 13.7. The van der Waals surface area contributed by atoms with Crippen molar-refractivity contribution in [1.29, 1.82) is 0 Å². The van der Waals surface area contributed by atoms with Gasteiger partial charge in [0.1, 0.15) is 44.5 Å². The molecule has 4 aromatic heterocycles. The minimum Gasteiger partial charge on any atom is -0.545 e. The van der Waals surface area contributed by atoms with E-state index < -0.39 is 11.9 Å². The van der Waals surface area contributed by atoms with E-state index in [1.165, 1.54) is 56.0 Å². The number of para-hydroxylation sites is 2. The van der Waals surface area contributed by atoms with Crippen molar-refractivity contribution in [3.05, 3.63) is 180 Å². The maximum atomic E-state index is 13.7. The molecule has 0 saturated carbocycles. The molecule has 8 aromatic rings. The third-order valence-electron chi connectivity index (χ3n) is 11.3. The number of aryl methyl sites for hydroxylation is 2. The smallest absolute Gasteiger partial charge is 0.269 e. The van der Waals surface area contributed by atoms with Gasteiger partial charge in [-0.3, -0.25) is 18.7 Å². The lowest BCUT2D eigenvalue weighted by Gasteiger charge is -2.12. The first-order valence-electron chi connectivity index (χ1n) is 22.1. The molecule has 0 bridgehead atoms. The van der Waals surface area contributed by atoms with Crippen LogP contribution in [0.1, 0.15) is 23.9 Å². The number of carboxylic acids is 2. The van der Waals surface area contributed by atoms with Gasteiger partial charge < -0.3 is 29.6 Å². The number of nitrogens with zero attached hydrogens (tertiary/aromatic N) is 6. The monoisotopic (exact) mass is 1080 g/mol. The Hall–Kier alpha value is -6.68. The Morgan fingerprint density at radius 2 is 0.972 bits per heavy atom. The van der Waals surface area contributed by atoms with Crippen LogP contribution in [-0.4, -0.2) is 35.2 Å². The molecular formula is C52H44F2N6O6S6. The van der Waals surface area contributed by atoms with Crippen LogP contribution >= 0.6 is 68.9 Å². The highest BCUT2D eigenvalue weighted by Crippen LogP contribution is 2.45. The van der Waals surface area contributed by atoms with E-state index in [9.17, 15) is 38.2 Å². The fourth-order valence-corrected chi connectivity index (χ4v) is 14.1. The highest BCUT2D eigenvalue weighted by Gasteiger charge is 2.23. The molecule has 0 N–H and O–H groups in total. The fourth-order valence-electron chi connectivity index (χ4n) is 7.62. The van der Waals surface area contributed by atoms with E-state index in [4.69, 9.17) is 0 Å². The van der Waals surface area contributed by atoms with Gasteiger partial charge in [0.2, 0.25) is 11.0 Å². The number of hydrogen-bond acceptors (Lipinski definition) is 14. The lowest BCUT2D eigenvalue weighted by molar-refractivity contribution is -0.642. The molecule has 10 rings (SSSR count). The molecule has 12 nitrogen and oxygen atoms in total. The van der Waals surface area contributed by atoms with E-state index >= 15 is 0 Å². The zero-order valence-corrected chi connectivity index (χ0v) is 44.4. The van der Waals surface area contributed by atoms with Crippen molar-refractivity contribution in [2.45, 2.75) is 36.7 Å². The molecule has 0 saturated heterocycles. The molecule has 0 fully saturated rings. The molecule has 0 atom stereocenters. The van der Waals surface area contributed by atoms with E-state index in [-0.39, 0.29) is 22.8 Å². The van der Waals surface area contributed by atoms with E-state index in [0.29, 0.717) is 34.3 Å². The first kappa shape index (κ1) is 51.7. The topological polar surface area (TPSA) is 138 Å². The predicted octanol–water partition coefficient (Wildman–Crippen LogP) is 4.64. The van der Waals surface area contributed by atoms with Crippen molar-refractivity contribution in [3.63, 3.8) is 0 Å². The molecule has 6 heterocycles. The van der Waals surface area contributed by atoms with Crippen LogP contribution in [0.5, 0.6) is 0 Å². The van der Waals surface area contributed by atoms with Crippen LogP contribution in [0.15, 0.2) is 139 Å². The summed E-state index contributed by atoms with van der Waals surface area (Å²) in [4.78, 5) is 51.6. The molecule has 2 aliphatic rings. The second-order valence-electron chi connectivity index (χ2n) is 15.8. The molecule has 0 unspecified atom stereocenters. The quantitative estimate of drug-likeness (QED) is 0.156. The number of benzene rings is 4. The van der Waals surface area contributed by atoms with Crippen molar-refractivity contribution >= 4 is 137 Å². The fraction of sp³-hybridized carbons (Fsp3) is 0.154. The van der Waals surface area contributed by atoms with Gasteiger partial charge in [0.15, 0.2) is 0 Å². The Bertz CT molecular complexity index is 3670. The van der Waals surface area contributed by atoms with Crippen LogP contribution in [0, 0.1) is 11.6 Å². The largest absolute Gasteiger partial charge is 0.545 e. The van der Waals surface area contributed by atoms with Crippen LogP contribution < -0.4 is 58.7 Å². The van der Waals surface area contributed by atoms with Crippen molar-refractivity contribution in [2.75, 3.05) is 23.9 Å². The highest BCUT2D eigenvalue weighted by atomic mass is 32.2. The third-order valence-corrected chi connectivity index (χ3v) is 18.2. The summed E-state index contributed by atoms with van der Waals surface area (Å²) < 4.78 is 40.1. The highest BCUT2D eigenvalue weighted by molar-refractivity contribution is 8.04. The number of carbonyl (C=O) groups is 2. The second-order valence-corrected chi connectivity index (χ2v) is 22.2. The number of carbonyl (C=O) groups excluding carboxylic acids is 2. The normalized spacial score (nSPS) is 15.3. The maximum Gasteiger partial charge on any atom is 0.269 e. The minimum absolute atomic E-state index is 0.0126. The lowest BCUT2D eigenvalue weighted by Crippen LogP contribution is -2.32. The van der Waals surface area contributed by atoms with Gasteiger partial charge in [0, 0.05) is 49.1 Å². The Labute approximate surface area is 435 Å². The van der Waals surface area contributed by atoms with Gasteiger partial charge in [-0.1, -0.05) is 70.5 Å². The van der Waals surface area contributed by atoms with E-state index in [0.717, 1.165) is 49.8 Å². The SMILES string of the molecule is CCn1c(=Cc2sc3ccc(F)cc3[n+]2C)sc(=CC=C2Sc3ccccc3N2C)c1=O.CCn1c(=Cc2sc3ccc(F)cc3[n+]2C)sc(=CC=C2Sc3ccccc3N2C)c1=O.O=C([O-])C=CC(=O)[O-]. The summed E-state index contributed by atoms with van der Waals surface area (Å²) in [5, 5.41) is 23.0. The van der Waals surface area contributed by atoms with E-state index in [1.807, 2.05) is 112 Å².